The van der Waals surface area contributed by atoms with Crippen molar-refractivity contribution < 1.29 is 14.4 Å². The van der Waals surface area contributed by atoms with E-state index >= 15 is 0 Å². The Bertz CT molecular complexity index is 771. The van der Waals surface area contributed by atoms with Crippen molar-refractivity contribution in [2.75, 3.05) is 19.4 Å². The molecule has 1 aliphatic rings. The first-order valence-electron chi connectivity index (χ1n) is 6.08. The first-order chi connectivity index (χ1) is 10.0. The second kappa shape index (κ2) is 4.77. The molecule has 0 spiro atoms. The SMILES string of the molecule is CNc1nc(CN2C(=O)C(=O)N(C)C2=O)nc2sccc12. The van der Waals surface area contributed by atoms with E-state index in [0.717, 1.165) is 20.0 Å². The van der Waals surface area contributed by atoms with Gasteiger partial charge in [0.05, 0.1) is 11.9 Å². The number of imide groups is 2. The average molecular weight is 305 g/mol. The highest BCUT2D eigenvalue weighted by molar-refractivity contribution is 7.16. The molecule has 0 radical (unpaired) electrons. The largest absolute Gasteiger partial charge is 0.372 e. The number of carbonyl (C=O) groups excluding carboxylic acids is 3. The van der Waals surface area contributed by atoms with Gasteiger partial charge in [-0.15, -0.1) is 11.3 Å². The van der Waals surface area contributed by atoms with Gasteiger partial charge < -0.3 is 5.32 Å². The summed E-state index contributed by atoms with van der Waals surface area (Å²) in [5.41, 5.74) is 0. The van der Waals surface area contributed by atoms with Gasteiger partial charge in [-0.25, -0.2) is 19.7 Å². The van der Waals surface area contributed by atoms with Gasteiger partial charge in [0.15, 0.2) is 5.82 Å². The van der Waals surface area contributed by atoms with Gasteiger partial charge >= 0.3 is 17.8 Å². The predicted octanol–water partition coefficient (Wildman–Crippen LogP) is 0.654. The van der Waals surface area contributed by atoms with Crippen molar-refractivity contribution in [1.29, 1.82) is 0 Å². The van der Waals surface area contributed by atoms with Crippen LogP contribution in [0.2, 0.25) is 0 Å². The minimum absolute atomic E-state index is 0.129. The van der Waals surface area contributed by atoms with Crippen molar-refractivity contribution in [1.82, 2.24) is 19.8 Å². The summed E-state index contributed by atoms with van der Waals surface area (Å²) in [4.78, 5) is 46.0. The summed E-state index contributed by atoms with van der Waals surface area (Å²) in [6, 6.07) is 1.23. The molecule has 8 nitrogen and oxygen atoms in total. The fraction of sp³-hybridized carbons (Fsp3) is 0.250. The van der Waals surface area contributed by atoms with Crippen LogP contribution in [-0.2, 0) is 16.1 Å². The molecule has 1 N–H and O–H groups in total. The quantitative estimate of drug-likeness (QED) is 0.661. The van der Waals surface area contributed by atoms with Crippen molar-refractivity contribution in [2.24, 2.45) is 0 Å². The third-order valence-electron chi connectivity index (χ3n) is 3.16. The maximum atomic E-state index is 11.8. The number of hydrogen-bond acceptors (Lipinski definition) is 7. The summed E-state index contributed by atoms with van der Waals surface area (Å²) in [7, 11) is 3.00. The van der Waals surface area contributed by atoms with Crippen LogP contribution >= 0.6 is 11.3 Å². The van der Waals surface area contributed by atoms with Gasteiger partial charge in [-0.3, -0.25) is 14.5 Å². The van der Waals surface area contributed by atoms with Crippen LogP contribution in [0.4, 0.5) is 10.6 Å². The average Bonchev–Trinajstić information content (AvgIpc) is 3.02. The number of aromatic nitrogens is 2. The second-order valence-electron chi connectivity index (χ2n) is 4.42. The molecule has 108 valence electrons. The summed E-state index contributed by atoms with van der Waals surface area (Å²) < 4.78 is 0. The van der Waals surface area contributed by atoms with E-state index in [-0.39, 0.29) is 6.54 Å². The maximum absolute atomic E-state index is 11.8. The van der Waals surface area contributed by atoms with Crippen LogP contribution in [0.1, 0.15) is 5.82 Å². The lowest BCUT2D eigenvalue weighted by Gasteiger charge is -2.12. The van der Waals surface area contributed by atoms with Gasteiger partial charge in [-0.2, -0.15) is 0 Å². The summed E-state index contributed by atoms with van der Waals surface area (Å²) in [6.45, 7) is -0.129. The standard InChI is InChI=1S/C12H11N5O3S/c1-13-8-6-3-4-21-9(6)15-7(14-8)5-17-11(19)10(18)16(2)12(17)20/h3-4H,5H2,1-2H3,(H,13,14,15). The number of likely N-dealkylation sites (N-methyl/N-ethyl adjacent to an activating group) is 1. The van der Waals surface area contributed by atoms with E-state index in [9.17, 15) is 14.4 Å². The molecular formula is C12H11N5O3S. The molecule has 3 rings (SSSR count). The summed E-state index contributed by atoms with van der Waals surface area (Å²) in [6.07, 6.45) is 0. The van der Waals surface area contributed by atoms with E-state index < -0.39 is 17.8 Å². The van der Waals surface area contributed by atoms with Crippen LogP contribution in [0.15, 0.2) is 11.4 Å². The number of nitrogens with one attached hydrogen (secondary N) is 1. The fourth-order valence-corrected chi connectivity index (χ4v) is 2.84. The number of anilines is 1. The Hall–Kier alpha value is -2.55. The first-order valence-corrected chi connectivity index (χ1v) is 6.96. The van der Waals surface area contributed by atoms with Gasteiger partial charge in [0.25, 0.3) is 0 Å². The second-order valence-corrected chi connectivity index (χ2v) is 5.31. The van der Waals surface area contributed by atoms with Gasteiger partial charge in [0.2, 0.25) is 0 Å². The zero-order chi connectivity index (χ0) is 15.1. The smallest absolute Gasteiger partial charge is 0.334 e. The fourth-order valence-electron chi connectivity index (χ4n) is 2.06. The molecule has 2 aromatic rings. The number of nitrogens with zero attached hydrogens (tertiary/aromatic N) is 4. The Morgan fingerprint density at radius 3 is 2.62 bits per heavy atom. The summed E-state index contributed by atoms with van der Waals surface area (Å²) >= 11 is 1.43. The summed E-state index contributed by atoms with van der Waals surface area (Å²) in [5.74, 6) is -0.774. The molecule has 0 aliphatic carbocycles. The lowest BCUT2D eigenvalue weighted by Crippen LogP contribution is -2.31. The molecule has 0 bridgehead atoms. The van der Waals surface area contributed by atoms with Crippen LogP contribution in [-0.4, -0.2) is 51.7 Å². The van der Waals surface area contributed by atoms with E-state index in [2.05, 4.69) is 15.3 Å². The summed E-state index contributed by atoms with van der Waals surface area (Å²) in [5, 5.41) is 5.71. The number of urea groups is 1. The predicted molar refractivity (Wildman–Crippen MR) is 75.7 cm³/mol. The minimum Gasteiger partial charge on any atom is -0.372 e. The third-order valence-corrected chi connectivity index (χ3v) is 3.96. The molecule has 0 unspecified atom stereocenters. The monoisotopic (exact) mass is 305 g/mol. The lowest BCUT2D eigenvalue weighted by atomic mass is 10.3. The van der Waals surface area contributed by atoms with Crippen LogP contribution in [0.25, 0.3) is 10.2 Å². The van der Waals surface area contributed by atoms with E-state index in [1.54, 1.807) is 7.05 Å². The van der Waals surface area contributed by atoms with E-state index in [1.807, 2.05) is 11.4 Å². The van der Waals surface area contributed by atoms with Crippen molar-refractivity contribution in [3.63, 3.8) is 0 Å². The molecule has 2 aromatic heterocycles. The molecule has 0 aromatic carbocycles. The number of rotatable bonds is 3. The molecule has 1 aliphatic heterocycles. The molecule has 4 amide bonds. The molecular weight excluding hydrogens is 294 g/mol. The van der Waals surface area contributed by atoms with Gasteiger partial charge in [0.1, 0.15) is 10.6 Å². The highest BCUT2D eigenvalue weighted by Gasteiger charge is 2.42. The van der Waals surface area contributed by atoms with Crippen LogP contribution in [0.5, 0.6) is 0 Å². The van der Waals surface area contributed by atoms with Gasteiger partial charge in [0, 0.05) is 14.1 Å². The topological polar surface area (TPSA) is 95.5 Å². The van der Waals surface area contributed by atoms with Gasteiger partial charge in [-0.1, -0.05) is 0 Å². The Labute approximate surface area is 123 Å². The van der Waals surface area contributed by atoms with Gasteiger partial charge in [-0.05, 0) is 11.4 Å². The lowest BCUT2D eigenvalue weighted by molar-refractivity contribution is -0.143. The molecule has 0 saturated carbocycles. The van der Waals surface area contributed by atoms with E-state index in [0.29, 0.717) is 11.6 Å². The van der Waals surface area contributed by atoms with Crippen molar-refractivity contribution in [2.45, 2.75) is 6.54 Å². The van der Waals surface area contributed by atoms with E-state index in [4.69, 9.17) is 0 Å². The Morgan fingerprint density at radius 2 is 2.00 bits per heavy atom. The van der Waals surface area contributed by atoms with E-state index in [1.165, 1.54) is 18.4 Å². The number of carbonyl (C=O) groups is 3. The zero-order valence-corrected chi connectivity index (χ0v) is 12.1. The highest BCUT2D eigenvalue weighted by Crippen LogP contribution is 2.25. The van der Waals surface area contributed by atoms with Crippen molar-refractivity contribution >= 4 is 45.2 Å². The number of amides is 4. The molecule has 21 heavy (non-hydrogen) atoms. The highest BCUT2D eigenvalue weighted by atomic mass is 32.1. The third kappa shape index (κ3) is 2.02. The molecule has 9 heteroatoms. The minimum atomic E-state index is -0.858. The van der Waals surface area contributed by atoms with Crippen LogP contribution < -0.4 is 5.32 Å². The first kappa shape index (κ1) is 13.4. The maximum Gasteiger partial charge on any atom is 0.334 e. The molecule has 0 atom stereocenters. The number of fused-ring (bicyclic) bond motifs is 1. The zero-order valence-electron chi connectivity index (χ0n) is 11.3. The van der Waals surface area contributed by atoms with Crippen molar-refractivity contribution in [3.8, 4) is 0 Å². The Balaban J connectivity index is 1.97. The normalized spacial score (nSPS) is 15.4. The van der Waals surface area contributed by atoms with Crippen LogP contribution in [0.3, 0.4) is 0 Å². The number of thiophene rings is 1. The Morgan fingerprint density at radius 1 is 1.24 bits per heavy atom. The van der Waals surface area contributed by atoms with Crippen LogP contribution in [0, 0.1) is 0 Å². The molecule has 1 saturated heterocycles. The molecule has 3 heterocycles. The van der Waals surface area contributed by atoms with Crippen molar-refractivity contribution in [3.05, 3.63) is 17.3 Å². The number of hydrogen-bond donors (Lipinski definition) is 1. The Kier molecular flexibility index (Phi) is 3.05. The molecule has 1 fully saturated rings.